The van der Waals surface area contributed by atoms with Crippen molar-refractivity contribution in [3.05, 3.63) is 0 Å². The number of amides is 1. The fourth-order valence-electron chi connectivity index (χ4n) is 1.66. The maximum absolute atomic E-state index is 10.9. The maximum atomic E-state index is 10.9. The molecule has 2 rings (SSSR count). The largest absolute Gasteiger partial charge is 0.381 e. The average Bonchev–Trinajstić information content (AvgIpc) is 2.34. The molecule has 11 heavy (non-hydrogen) atoms. The first-order valence-corrected chi connectivity index (χ1v) is 3.95. The molecular formula is C7H12N2O2. The Labute approximate surface area is 65.3 Å². The summed E-state index contributed by atoms with van der Waals surface area (Å²) < 4.78 is 5.21. The van der Waals surface area contributed by atoms with Crippen LogP contribution in [0.4, 0.5) is 0 Å². The summed E-state index contributed by atoms with van der Waals surface area (Å²) in [5, 5.41) is 0. The van der Waals surface area contributed by atoms with E-state index in [2.05, 4.69) is 10.9 Å². The van der Waals surface area contributed by atoms with Crippen LogP contribution in [-0.2, 0) is 9.53 Å². The van der Waals surface area contributed by atoms with E-state index in [0.29, 0.717) is 6.42 Å². The summed E-state index contributed by atoms with van der Waals surface area (Å²) in [6.45, 7) is 1.53. The van der Waals surface area contributed by atoms with E-state index < -0.39 is 0 Å². The number of ether oxygens (including phenoxy) is 1. The third-order valence-corrected chi connectivity index (χ3v) is 2.42. The Bertz CT molecular complexity index is 175. The van der Waals surface area contributed by atoms with Gasteiger partial charge in [0, 0.05) is 19.6 Å². The molecule has 1 amide bonds. The number of hydrogen-bond donors (Lipinski definition) is 2. The molecule has 4 heteroatoms. The van der Waals surface area contributed by atoms with Gasteiger partial charge in [-0.1, -0.05) is 0 Å². The Kier molecular flexibility index (Phi) is 1.58. The van der Waals surface area contributed by atoms with E-state index in [0.717, 1.165) is 26.1 Å². The molecule has 0 aromatic carbocycles. The van der Waals surface area contributed by atoms with E-state index in [-0.39, 0.29) is 11.4 Å². The van der Waals surface area contributed by atoms with Crippen molar-refractivity contribution >= 4 is 5.91 Å². The van der Waals surface area contributed by atoms with Gasteiger partial charge in [0.1, 0.15) is 0 Å². The van der Waals surface area contributed by atoms with Gasteiger partial charge in [-0.15, -0.1) is 0 Å². The van der Waals surface area contributed by atoms with Crippen molar-refractivity contribution < 1.29 is 9.53 Å². The molecule has 0 aliphatic carbocycles. The minimum Gasteiger partial charge on any atom is -0.381 e. The van der Waals surface area contributed by atoms with Crippen molar-refractivity contribution in [3.63, 3.8) is 0 Å². The van der Waals surface area contributed by atoms with Gasteiger partial charge in [-0.3, -0.25) is 10.2 Å². The molecule has 4 nitrogen and oxygen atoms in total. The van der Waals surface area contributed by atoms with Gasteiger partial charge in [-0.05, 0) is 12.8 Å². The van der Waals surface area contributed by atoms with Crippen LogP contribution in [0.3, 0.4) is 0 Å². The molecule has 2 fully saturated rings. The van der Waals surface area contributed by atoms with E-state index in [1.165, 1.54) is 0 Å². The van der Waals surface area contributed by atoms with Crippen LogP contribution in [0.5, 0.6) is 0 Å². The number of hydrazine groups is 1. The lowest BCUT2D eigenvalue weighted by Gasteiger charge is -2.31. The van der Waals surface area contributed by atoms with Gasteiger partial charge in [0.25, 0.3) is 0 Å². The Balaban J connectivity index is 2.03. The number of carbonyl (C=O) groups is 1. The summed E-state index contributed by atoms with van der Waals surface area (Å²) >= 11 is 0. The predicted octanol–water partition coefficient (Wildman–Crippen LogP) is -0.440. The quantitative estimate of drug-likeness (QED) is 0.500. The molecule has 0 unspecified atom stereocenters. The molecule has 0 saturated carbocycles. The van der Waals surface area contributed by atoms with Crippen molar-refractivity contribution in [2.24, 2.45) is 0 Å². The summed E-state index contributed by atoms with van der Waals surface area (Å²) in [5.41, 5.74) is 5.69. The van der Waals surface area contributed by atoms with E-state index in [4.69, 9.17) is 4.74 Å². The number of nitrogens with one attached hydrogen (secondary N) is 2. The molecule has 0 aromatic heterocycles. The maximum Gasteiger partial charge on any atom is 0.236 e. The number of hydrogen-bond acceptors (Lipinski definition) is 3. The first kappa shape index (κ1) is 7.06. The monoisotopic (exact) mass is 156 g/mol. The average molecular weight is 156 g/mol. The van der Waals surface area contributed by atoms with Gasteiger partial charge < -0.3 is 4.74 Å². The van der Waals surface area contributed by atoms with Crippen LogP contribution in [0.1, 0.15) is 19.3 Å². The van der Waals surface area contributed by atoms with Crippen molar-refractivity contribution in [3.8, 4) is 0 Å². The van der Waals surface area contributed by atoms with Gasteiger partial charge in [-0.2, -0.15) is 0 Å². The minimum atomic E-state index is 0.00926. The van der Waals surface area contributed by atoms with E-state index in [1.807, 2.05) is 0 Å². The zero-order valence-corrected chi connectivity index (χ0v) is 6.35. The third kappa shape index (κ3) is 1.23. The lowest BCUT2D eigenvalue weighted by atomic mass is 9.89. The molecule has 2 saturated heterocycles. The molecule has 62 valence electrons. The molecule has 2 aliphatic rings. The van der Waals surface area contributed by atoms with Gasteiger partial charge in [0.15, 0.2) is 0 Å². The number of rotatable bonds is 0. The molecule has 0 radical (unpaired) electrons. The molecular weight excluding hydrogens is 144 g/mol. The highest BCUT2D eigenvalue weighted by Gasteiger charge is 2.39. The lowest BCUT2D eigenvalue weighted by molar-refractivity contribution is -0.119. The van der Waals surface area contributed by atoms with Crippen LogP contribution in [0, 0.1) is 0 Å². The first-order chi connectivity index (χ1) is 5.31. The second-order valence-electron chi connectivity index (χ2n) is 3.24. The van der Waals surface area contributed by atoms with Gasteiger partial charge >= 0.3 is 0 Å². The zero-order chi connectivity index (χ0) is 7.73. The smallest absolute Gasteiger partial charge is 0.236 e. The molecule has 2 aliphatic heterocycles. The second-order valence-corrected chi connectivity index (χ2v) is 3.24. The van der Waals surface area contributed by atoms with Gasteiger partial charge in [0.2, 0.25) is 5.91 Å². The van der Waals surface area contributed by atoms with Crippen molar-refractivity contribution in [1.82, 2.24) is 10.9 Å². The minimum absolute atomic E-state index is 0.00926. The molecule has 2 heterocycles. The standard InChI is InChI=1S/C7H12N2O2/c10-6-5-7(9-8-6)1-3-11-4-2-7/h9H,1-5H2,(H,8,10). The normalized spacial score (nSPS) is 28.9. The molecule has 0 atom stereocenters. The zero-order valence-electron chi connectivity index (χ0n) is 6.35. The fourth-order valence-corrected chi connectivity index (χ4v) is 1.66. The Hall–Kier alpha value is -0.610. The summed E-state index contributed by atoms with van der Waals surface area (Å²) in [6.07, 6.45) is 2.48. The highest BCUT2D eigenvalue weighted by atomic mass is 16.5. The van der Waals surface area contributed by atoms with Crippen LogP contribution in [0.2, 0.25) is 0 Å². The van der Waals surface area contributed by atoms with Crippen molar-refractivity contribution in [1.29, 1.82) is 0 Å². The Morgan fingerprint density at radius 3 is 2.64 bits per heavy atom. The summed E-state index contributed by atoms with van der Waals surface area (Å²) in [7, 11) is 0. The highest BCUT2D eigenvalue weighted by Crippen LogP contribution is 2.26. The van der Waals surface area contributed by atoms with Gasteiger partial charge in [0.05, 0.1) is 5.54 Å². The van der Waals surface area contributed by atoms with Crippen LogP contribution in [0.15, 0.2) is 0 Å². The number of carbonyl (C=O) groups excluding carboxylic acids is 1. The Morgan fingerprint density at radius 1 is 1.36 bits per heavy atom. The SMILES string of the molecule is O=C1CC2(CCOCC2)NN1. The predicted molar refractivity (Wildman–Crippen MR) is 38.7 cm³/mol. The van der Waals surface area contributed by atoms with Crippen LogP contribution in [-0.4, -0.2) is 24.7 Å². The topological polar surface area (TPSA) is 50.4 Å². The molecule has 0 bridgehead atoms. The second kappa shape index (κ2) is 2.46. The first-order valence-electron chi connectivity index (χ1n) is 3.95. The molecule has 1 spiro atoms. The summed E-state index contributed by atoms with van der Waals surface area (Å²) in [5.74, 6) is 0.104. The van der Waals surface area contributed by atoms with Crippen LogP contribution >= 0.6 is 0 Å². The van der Waals surface area contributed by atoms with Crippen LogP contribution in [0.25, 0.3) is 0 Å². The van der Waals surface area contributed by atoms with E-state index >= 15 is 0 Å². The summed E-state index contributed by atoms with van der Waals surface area (Å²) in [6, 6.07) is 0. The molecule has 2 N–H and O–H groups in total. The fraction of sp³-hybridized carbons (Fsp3) is 0.857. The molecule has 0 aromatic rings. The van der Waals surface area contributed by atoms with E-state index in [1.54, 1.807) is 0 Å². The van der Waals surface area contributed by atoms with Crippen molar-refractivity contribution in [2.45, 2.75) is 24.8 Å². The summed E-state index contributed by atoms with van der Waals surface area (Å²) in [4.78, 5) is 10.9. The van der Waals surface area contributed by atoms with Gasteiger partial charge in [-0.25, -0.2) is 5.43 Å². The van der Waals surface area contributed by atoms with Crippen LogP contribution < -0.4 is 10.9 Å². The lowest BCUT2D eigenvalue weighted by Crippen LogP contribution is -2.47. The Morgan fingerprint density at radius 2 is 2.09 bits per heavy atom. The highest BCUT2D eigenvalue weighted by molar-refractivity contribution is 5.79. The van der Waals surface area contributed by atoms with E-state index in [9.17, 15) is 4.79 Å². The third-order valence-electron chi connectivity index (χ3n) is 2.42. The van der Waals surface area contributed by atoms with Crippen molar-refractivity contribution in [2.75, 3.05) is 13.2 Å².